The third-order valence-corrected chi connectivity index (χ3v) is 10.00. The molecule has 0 saturated heterocycles. The van der Waals surface area contributed by atoms with Gasteiger partial charge in [-0.25, -0.2) is 8.42 Å². The Morgan fingerprint density at radius 2 is 1.53 bits per heavy atom. The number of nitro benzene ring substituents is 1. The molecule has 0 N–H and O–H groups in total. The number of rotatable bonds is 7. The summed E-state index contributed by atoms with van der Waals surface area (Å²) in [6, 6.07) is 33.7. The van der Waals surface area contributed by atoms with Crippen molar-refractivity contribution in [1.29, 1.82) is 0 Å². The third kappa shape index (κ3) is 4.54. The summed E-state index contributed by atoms with van der Waals surface area (Å²) in [6.45, 7) is 1.04. The van der Waals surface area contributed by atoms with Crippen LogP contribution in [0, 0.1) is 10.1 Å². The van der Waals surface area contributed by atoms with E-state index in [1.807, 2.05) is 54.6 Å². The number of nitro groups is 1. The summed E-state index contributed by atoms with van der Waals surface area (Å²) in [4.78, 5) is 10.6. The van der Waals surface area contributed by atoms with Gasteiger partial charge >= 0.3 is 0 Å². The van der Waals surface area contributed by atoms with Crippen LogP contribution >= 0.6 is 0 Å². The van der Waals surface area contributed by atoms with Crippen LogP contribution in [0.15, 0.2) is 114 Å². The molecule has 7 rings (SSSR count). The maximum absolute atomic E-state index is 13.8. The Bertz CT molecular complexity index is 2120. The Morgan fingerprint density at radius 3 is 2.23 bits per heavy atom. The van der Waals surface area contributed by atoms with Gasteiger partial charge in [-0.15, -0.1) is 0 Å². The summed E-state index contributed by atoms with van der Waals surface area (Å²) >= 11 is 0. The third-order valence-electron chi connectivity index (χ3n) is 8.19. The number of non-ortho nitro benzene ring substituents is 1. The second-order valence-electron chi connectivity index (χ2n) is 10.6. The average molecular weight is 590 g/mol. The molecule has 43 heavy (non-hydrogen) atoms. The summed E-state index contributed by atoms with van der Waals surface area (Å²) in [5, 5.41) is 13.3. The fourth-order valence-corrected chi connectivity index (χ4v) is 7.50. The first-order valence-corrected chi connectivity index (χ1v) is 15.3. The number of fused-ring (bicyclic) bond motifs is 4. The van der Waals surface area contributed by atoms with E-state index in [-0.39, 0.29) is 23.7 Å². The molecular formula is C34H27N3O5S. The predicted octanol–water partition coefficient (Wildman–Crippen LogP) is 7.13. The number of nitrogens with zero attached hydrogens (tertiary/aromatic N) is 3. The van der Waals surface area contributed by atoms with Crippen LogP contribution in [0.1, 0.15) is 16.7 Å². The summed E-state index contributed by atoms with van der Waals surface area (Å²) < 4.78 is 36.8. The summed E-state index contributed by atoms with van der Waals surface area (Å²) in [6.07, 6.45) is 0. The Hall–Kier alpha value is -4.99. The van der Waals surface area contributed by atoms with Crippen LogP contribution in [0.4, 0.5) is 5.69 Å². The average Bonchev–Trinajstić information content (AvgIpc) is 3.61. The van der Waals surface area contributed by atoms with Crippen molar-refractivity contribution in [3.8, 4) is 16.9 Å². The van der Waals surface area contributed by atoms with E-state index in [9.17, 15) is 18.5 Å². The van der Waals surface area contributed by atoms with E-state index < -0.39 is 14.9 Å². The summed E-state index contributed by atoms with van der Waals surface area (Å²) in [5.41, 5.74) is 7.00. The molecule has 8 nitrogen and oxygen atoms in total. The molecule has 0 unspecified atom stereocenters. The van der Waals surface area contributed by atoms with Gasteiger partial charge in [0.15, 0.2) is 0 Å². The van der Waals surface area contributed by atoms with Crippen molar-refractivity contribution >= 4 is 37.5 Å². The number of benzene rings is 5. The van der Waals surface area contributed by atoms with Gasteiger partial charge in [0.2, 0.25) is 10.0 Å². The molecule has 1 aliphatic rings. The van der Waals surface area contributed by atoms with Crippen LogP contribution < -0.4 is 4.74 Å². The zero-order chi connectivity index (χ0) is 29.7. The second kappa shape index (κ2) is 10.4. The van der Waals surface area contributed by atoms with E-state index >= 15 is 0 Å². The molecule has 0 bridgehead atoms. The van der Waals surface area contributed by atoms with Crippen LogP contribution in [-0.4, -0.2) is 29.3 Å². The summed E-state index contributed by atoms with van der Waals surface area (Å²) in [7, 11) is -2.29. The molecule has 0 spiro atoms. The van der Waals surface area contributed by atoms with Gasteiger partial charge < -0.3 is 9.30 Å². The number of hydrogen-bond donors (Lipinski definition) is 0. The van der Waals surface area contributed by atoms with Crippen molar-refractivity contribution in [2.24, 2.45) is 0 Å². The predicted molar refractivity (Wildman–Crippen MR) is 167 cm³/mol. The Labute approximate surface area is 248 Å². The molecular weight excluding hydrogens is 562 g/mol. The van der Waals surface area contributed by atoms with Crippen molar-refractivity contribution < 1.29 is 18.1 Å². The molecule has 0 atom stereocenters. The number of ether oxygens (including phenoxy) is 1. The Kier molecular flexibility index (Phi) is 6.49. The molecule has 214 valence electrons. The minimum absolute atomic E-state index is 0.0282. The van der Waals surface area contributed by atoms with Crippen molar-refractivity contribution in [1.82, 2.24) is 8.87 Å². The highest BCUT2D eigenvalue weighted by Crippen LogP contribution is 2.45. The van der Waals surface area contributed by atoms with E-state index in [0.29, 0.717) is 6.54 Å². The number of aromatic nitrogens is 1. The van der Waals surface area contributed by atoms with Gasteiger partial charge in [-0.05, 0) is 64.2 Å². The van der Waals surface area contributed by atoms with E-state index in [4.69, 9.17) is 4.74 Å². The van der Waals surface area contributed by atoms with Crippen LogP contribution in [0.25, 0.3) is 32.9 Å². The maximum Gasteiger partial charge on any atom is 0.269 e. The smallest absolute Gasteiger partial charge is 0.269 e. The number of sulfonamides is 1. The molecule has 0 amide bonds. The highest BCUT2D eigenvalue weighted by molar-refractivity contribution is 7.89. The quantitative estimate of drug-likeness (QED) is 0.146. The van der Waals surface area contributed by atoms with Crippen LogP contribution in [-0.2, 0) is 29.7 Å². The molecule has 1 aromatic heterocycles. The van der Waals surface area contributed by atoms with Gasteiger partial charge in [0, 0.05) is 48.1 Å². The fraction of sp³-hybridized carbons (Fsp3) is 0.118. The van der Waals surface area contributed by atoms with Gasteiger partial charge in [-0.2, -0.15) is 4.31 Å². The Morgan fingerprint density at radius 1 is 0.837 bits per heavy atom. The first-order valence-electron chi connectivity index (χ1n) is 13.8. The first-order chi connectivity index (χ1) is 20.8. The van der Waals surface area contributed by atoms with Crippen molar-refractivity contribution in [3.63, 3.8) is 0 Å². The zero-order valence-electron chi connectivity index (χ0n) is 23.3. The SMILES string of the molecule is COc1ccc(-c2c3c(cc4c2c2ccccc2n4Cc2ccccc2)CN(S(=O)(=O)c2ccc([N+](=O)[O-])cc2)C3)cc1. The van der Waals surface area contributed by atoms with E-state index in [1.165, 1.54) is 34.1 Å². The number of methoxy groups -OCH3 is 1. The lowest BCUT2D eigenvalue weighted by Crippen LogP contribution is -2.25. The molecule has 0 fully saturated rings. The highest BCUT2D eigenvalue weighted by Gasteiger charge is 2.34. The standard InChI is InChI=1S/C34H27N3O5S/c1-42-27-15-11-24(12-16-27)33-30-22-35(43(40,41)28-17-13-26(14-18-28)37(38)39)21-25(30)19-32-34(33)29-9-5-6-10-31(29)36(32)20-23-7-3-2-4-8-23/h2-19H,20-22H2,1H3. The first kappa shape index (κ1) is 26.9. The lowest BCUT2D eigenvalue weighted by atomic mass is 9.92. The highest BCUT2D eigenvalue weighted by atomic mass is 32.2. The molecule has 2 heterocycles. The maximum atomic E-state index is 13.8. The van der Waals surface area contributed by atoms with E-state index in [0.717, 1.165) is 49.8 Å². The van der Waals surface area contributed by atoms with Gasteiger partial charge in [-0.3, -0.25) is 10.1 Å². The molecule has 9 heteroatoms. The monoisotopic (exact) mass is 589 g/mol. The molecule has 6 aromatic rings. The van der Waals surface area contributed by atoms with E-state index in [1.54, 1.807) is 7.11 Å². The van der Waals surface area contributed by atoms with E-state index in [2.05, 4.69) is 34.9 Å². The van der Waals surface area contributed by atoms with Crippen molar-refractivity contribution in [2.45, 2.75) is 24.5 Å². The second-order valence-corrected chi connectivity index (χ2v) is 12.6. The molecule has 0 aliphatic carbocycles. The van der Waals surface area contributed by atoms with Gasteiger partial charge in [0.05, 0.1) is 22.4 Å². The lowest BCUT2D eigenvalue weighted by Gasteiger charge is -2.16. The minimum Gasteiger partial charge on any atom is -0.497 e. The van der Waals surface area contributed by atoms with Crippen molar-refractivity contribution in [2.75, 3.05) is 7.11 Å². The Balaban J connectivity index is 1.44. The molecule has 1 aliphatic heterocycles. The van der Waals surface area contributed by atoms with Crippen LogP contribution in [0.2, 0.25) is 0 Å². The number of para-hydroxylation sites is 1. The lowest BCUT2D eigenvalue weighted by molar-refractivity contribution is -0.384. The summed E-state index contributed by atoms with van der Waals surface area (Å²) in [5.74, 6) is 0.737. The van der Waals surface area contributed by atoms with Gasteiger partial charge in [-0.1, -0.05) is 60.7 Å². The topological polar surface area (TPSA) is 94.7 Å². The molecule has 5 aromatic carbocycles. The molecule has 0 radical (unpaired) electrons. The minimum atomic E-state index is -3.92. The normalized spacial score (nSPS) is 13.4. The zero-order valence-corrected chi connectivity index (χ0v) is 24.1. The fourth-order valence-electron chi connectivity index (χ4n) is 6.11. The van der Waals surface area contributed by atoms with Crippen LogP contribution in [0.3, 0.4) is 0 Å². The van der Waals surface area contributed by atoms with Gasteiger partial charge in [0.1, 0.15) is 5.75 Å². The largest absolute Gasteiger partial charge is 0.497 e. The van der Waals surface area contributed by atoms with Gasteiger partial charge in [0.25, 0.3) is 5.69 Å². The van der Waals surface area contributed by atoms with Crippen molar-refractivity contribution in [3.05, 3.63) is 136 Å². The molecule has 0 saturated carbocycles. The number of hydrogen-bond acceptors (Lipinski definition) is 5. The van der Waals surface area contributed by atoms with Crippen LogP contribution in [0.5, 0.6) is 5.75 Å².